The average molecular weight is 463 g/mol. The van der Waals surface area contributed by atoms with Crippen LogP contribution in [0.5, 0.6) is 0 Å². The number of H-pyrrole nitrogens is 1. The third kappa shape index (κ3) is 3.57. The molecule has 1 saturated heterocycles. The first-order valence-corrected chi connectivity index (χ1v) is 11.3. The number of hydrogen-bond donors (Lipinski definition) is 2. The highest BCUT2D eigenvalue weighted by Crippen LogP contribution is 2.32. The molecule has 0 bridgehead atoms. The predicted octanol–water partition coefficient (Wildman–Crippen LogP) is 2.15. The molecule has 0 unspecified atom stereocenters. The van der Waals surface area contributed by atoms with Crippen molar-refractivity contribution in [1.82, 2.24) is 40.3 Å². The lowest BCUT2D eigenvalue weighted by Crippen LogP contribution is -2.45. The lowest BCUT2D eigenvalue weighted by molar-refractivity contribution is 0.311. The molecule has 5 heterocycles. The number of nitrogens with one attached hydrogen (secondary N) is 2. The summed E-state index contributed by atoms with van der Waals surface area (Å²) in [7, 11) is 2.10. The number of anilines is 1. The van der Waals surface area contributed by atoms with Gasteiger partial charge in [-0.15, -0.1) is 0 Å². The van der Waals surface area contributed by atoms with E-state index in [1.165, 1.54) is 12.3 Å². The van der Waals surface area contributed by atoms with Crippen molar-refractivity contribution in [1.29, 1.82) is 0 Å². The Kier molecular flexibility index (Phi) is 5.15. The lowest BCUT2D eigenvalue weighted by atomic mass is 9.96. The van der Waals surface area contributed by atoms with Gasteiger partial charge in [0.15, 0.2) is 5.82 Å². The van der Waals surface area contributed by atoms with Gasteiger partial charge in [0, 0.05) is 56.2 Å². The summed E-state index contributed by atoms with van der Waals surface area (Å²) < 4.78 is 30.2. The molecule has 4 aromatic rings. The first-order chi connectivity index (χ1) is 16.6. The van der Waals surface area contributed by atoms with Crippen LogP contribution in [0.15, 0.2) is 24.7 Å². The van der Waals surface area contributed by atoms with E-state index in [1.807, 2.05) is 0 Å². The van der Waals surface area contributed by atoms with Crippen molar-refractivity contribution in [3.63, 3.8) is 0 Å². The Morgan fingerprint density at radius 1 is 1.00 bits per heavy atom. The zero-order valence-electron chi connectivity index (χ0n) is 18.6. The van der Waals surface area contributed by atoms with Gasteiger partial charge in [0.05, 0.1) is 11.8 Å². The second kappa shape index (κ2) is 8.33. The highest BCUT2D eigenvalue weighted by Gasteiger charge is 2.24. The number of halogens is 2. The maximum Gasteiger partial charge on any atom is 0.225 e. The predicted molar refractivity (Wildman–Crippen MR) is 123 cm³/mol. The van der Waals surface area contributed by atoms with E-state index in [4.69, 9.17) is 0 Å². The van der Waals surface area contributed by atoms with E-state index in [1.54, 1.807) is 12.4 Å². The van der Waals surface area contributed by atoms with Gasteiger partial charge in [-0.2, -0.15) is 5.10 Å². The minimum Gasteiger partial charge on any atom is -0.338 e. The first-order valence-electron chi connectivity index (χ1n) is 11.3. The Bertz CT molecular complexity index is 1360. The molecule has 2 aliphatic rings. The third-order valence-corrected chi connectivity index (χ3v) is 6.51. The number of nitrogens with zero attached hydrogens (tertiary/aromatic N) is 7. The highest BCUT2D eigenvalue weighted by atomic mass is 19.1. The molecule has 0 amide bonds. The molecule has 34 heavy (non-hydrogen) atoms. The molecule has 0 atom stereocenters. The summed E-state index contributed by atoms with van der Waals surface area (Å²) in [6.07, 6.45) is 5.47. The van der Waals surface area contributed by atoms with Crippen LogP contribution in [0.2, 0.25) is 0 Å². The van der Waals surface area contributed by atoms with Crippen molar-refractivity contribution in [3.05, 3.63) is 47.4 Å². The van der Waals surface area contributed by atoms with Gasteiger partial charge in [-0.05, 0) is 31.6 Å². The van der Waals surface area contributed by atoms with Crippen LogP contribution in [0.4, 0.5) is 14.7 Å². The van der Waals surface area contributed by atoms with E-state index < -0.39 is 11.6 Å². The molecule has 9 nitrogen and oxygen atoms in total. The van der Waals surface area contributed by atoms with Crippen LogP contribution < -0.4 is 10.2 Å². The van der Waals surface area contributed by atoms with Gasteiger partial charge in [-0.3, -0.25) is 5.10 Å². The third-order valence-electron chi connectivity index (χ3n) is 6.51. The van der Waals surface area contributed by atoms with Crippen molar-refractivity contribution in [2.24, 2.45) is 0 Å². The molecule has 6 rings (SSSR count). The van der Waals surface area contributed by atoms with Gasteiger partial charge in [0.1, 0.15) is 28.4 Å². The van der Waals surface area contributed by atoms with Gasteiger partial charge in [-0.25, -0.2) is 28.7 Å². The van der Waals surface area contributed by atoms with E-state index in [9.17, 15) is 4.39 Å². The SMILES string of the molecule is CN1CCN(c2ncc(-c3n[nH]c4cnc(-c5c(F)cc6c(c5F)CNCC6)nc34)cn2)CC1. The lowest BCUT2D eigenvalue weighted by Gasteiger charge is -2.32. The molecule has 0 spiro atoms. The zero-order valence-corrected chi connectivity index (χ0v) is 18.6. The summed E-state index contributed by atoms with van der Waals surface area (Å²) in [4.78, 5) is 22.2. The average Bonchev–Trinajstić information content (AvgIpc) is 3.28. The Hall–Kier alpha value is -3.57. The van der Waals surface area contributed by atoms with E-state index in [2.05, 4.69) is 52.3 Å². The van der Waals surface area contributed by atoms with E-state index in [-0.39, 0.29) is 11.4 Å². The molecule has 1 aromatic carbocycles. The standard InChI is InChI=1S/C23H23F2N9/c1-33-4-6-34(7-5-33)23-28-9-14(10-29-23)20-21-17(31-32-20)12-27-22(30-21)18-16(24)8-13-2-3-26-11-15(13)19(18)25/h8-10,12,26H,2-7,11H2,1H3,(H,31,32). The number of aromatic amines is 1. The number of likely N-dealkylation sites (N-methyl/N-ethyl adjacent to an activating group) is 1. The van der Waals surface area contributed by atoms with E-state index in [0.717, 1.165) is 26.2 Å². The Labute approximate surface area is 194 Å². The fraction of sp³-hybridized carbons (Fsp3) is 0.348. The Morgan fingerprint density at radius 2 is 1.79 bits per heavy atom. The second-order valence-corrected chi connectivity index (χ2v) is 8.70. The largest absolute Gasteiger partial charge is 0.338 e. The Morgan fingerprint density at radius 3 is 2.59 bits per heavy atom. The van der Waals surface area contributed by atoms with Crippen LogP contribution in [0, 0.1) is 11.6 Å². The molecule has 2 aliphatic heterocycles. The maximum atomic E-state index is 15.3. The molecule has 2 N–H and O–H groups in total. The quantitative estimate of drug-likeness (QED) is 0.477. The maximum absolute atomic E-state index is 15.3. The number of piperazine rings is 1. The molecule has 174 valence electrons. The van der Waals surface area contributed by atoms with Crippen molar-refractivity contribution >= 4 is 17.0 Å². The van der Waals surface area contributed by atoms with Crippen LogP contribution in [0.1, 0.15) is 11.1 Å². The van der Waals surface area contributed by atoms with Gasteiger partial charge in [-0.1, -0.05) is 0 Å². The topological polar surface area (TPSA) is 98.8 Å². The smallest absolute Gasteiger partial charge is 0.225 e. The van der Waals surface area contributed by atoms with Crippen LogP contribution in [0.3, 0.4) is 0 Å². The first kappa shape index (κ1) is 21.0. The number of aromatic nitrogens is 6. The Balaban J connectivity index is 1.37. The molecule has 0 aliphatic carbocycles. The van der Waals surface area contributed by atoms with Gasteiger partial charge in [0.2, 0.25) is 5.95 Å². The summed E-state index contributed by atoms with van der Waals surface area (Å²) >= 11 is 0. The van der Waals surface area contributed by atoms with Crippen molar-refractivity contribution < 1.29 is 8.78 Å². The molecule has 0 radical (unpaired) electrons. The summed E-state index contributed by atoms with van der Waals surface area (Å²) in [5.41, 5.74) is 3.09. The van der Waals surface area contributed by atoms with Crippen molar-refractivity contribution in [2.45, 2.75) is 13.0 Å². The minimum absolute atomic E-state index is 0.0199. The summed E-state index contributed by atoms with van der Waals surface area (Å²) in [6, 6.07) is 1.39. The fourth-order valence-electron chi connectivity index (χ4n) is 4.51. The van der Waals surface area contributed by atoms with Crippen molar-refractivity contribution in [3.8, 4) is 22.6 Å². The molecule has 3 aromatic heterocycles. The highest BCUT2D eigenvalue weighted by molar-refractivity contribution is 5.89. The van der Waals surface area contributed by atoms with Crippen molar-refractivity contribution in [2.75, 3.05) is 44.7 Å². The summed E-state index contributed by atoms with van der Waals surface area (Å²) in [5, 5.41) is 10.4. The van der Waals surface area contributed by atoms with E-state index >= 15 is 4.39 Å². The van der Waals surface area contributed by atoms with Crippen LogP contribution in [-0.4, -0.2) is 74.8 Å². The van der Waals surface area contributed by atoms with Crippen LogP contribution in [-0.2, 0) is 13.0 Å². The van der Waals surface area contributed by atoms with Gasteiger partial charge < -0.3 is 15.1 Å². The number of rotatable bonds is 3. The monoisotopic (exact) mass is 463 g/mol. The fourth-order valence-corrected chi connectivity index (χ4v) is 4.51. The second-order valence-electron chi connectivity index (χ2n) is 8.70. The normalized spacial score (nSPS) is 16.7. The van der Waals surface area contributed by atoms with E-state index in [0.29, 0.717) is 58.9 Å². The number of fused-ring (bicyclic) bond motifs is 2. The molecular formula is C23H23F2N9. The van der Waals surface area contributed by atoms with Gasteiger partial charge in [0.25, 0.3) is 0 Å². The molecule has 11 heteroatoms. The van der Waals surface area contributed by atoms with Crippen LogP contribution in [0.25, 0.3) is 33.7 Å². The number of hydrogen-bond acceptors (Lipinski definition) is 8. The molecule has 1 fully saturated rings. The zero-order chi connectivity index (χ0) is 23.2. The summed E-state index contributed by atoms with van der Waals surface area (Å²) in [6.45, 7) is 4.70. The molecular weight excluding hydrogens is 440 g/mol. The molecule has 0 saturated carbocycles. The van der Waals surface area contributed by atoms with Gasteiger partial charge >= 0.3 is 0 Å². The number of benzene rings is 1. The van der Waals surface area contributed by atoms with Crippen LogP contribution >= 0.6 is 0 Å². The summed E-state index contributed by atoms with van der Waals surface area (Å²) in [5.74, 6) is -0.638. The minimum atomic E-state index is -0.664.